The van der Waals surface area contributed by atoms with Crippen LogP contribution in [0.3, 0.4) is 0 Å². The molecule has 0 amide bonds. The van der Waals surface area contributed by atoms with E-state index in [1.165, 1.54) is 0 Å². The highest BCUT2D eigenvalue weighted by Gasteiger charge is 2.06. The van der Waals surface area contributed by atoms with E-state index in [-0.39, 0.29) is 0 Å². The second-order valence-electron chi connectivity index (χ2n) is 5.23. The minimum Gasteiger partial charge on any atom is -0.300 e. The van der Waals surface area contributed by atoms with Crippen molar-refractivity contribution in [2.45, 2.75) is 11.8 Å². The third-order valence-corrected chi connectivity index (χ3v) is 4.53. The number of hydrogen-bond acceptors (Lipinski definition) is 3. The fourth-order valence-electron chi connectivity index (χ4n) is 2.23. The lowest BCUT2D eigenvalue weighted by Crippen LogP contribution is -2.04. The molecule has 24 heavy (non-hydrogen) atoms. The smallest absolute Gasteiger partial charge is 0.151 e. The molecule has 0 aliphatic carbocycles. The van der Waals surface area contributed by atoms with E-state index >= 15 is 0 Å². The molecule has 3 rings (SSSR count). The third kappa shape index (κ3) is 3.94. The van der Waals surface area contributed by atoms with Gasteiger partial charge in [0.15, 0.2) is 11.0 Å². The monoisotopic (exact) mass is 335 g/mol. The van der Waals surface area contributed by atoms with Crippen LogP contribution in [0.1, 0.15) is 5.56 Å². The Balaban J connectivity index is 1.96. The molecule has 1 atom stereocenters. The van der Waals surface area contributed by atoms with E-state index in [4.69, 9.17) is 0 Å². The highest BCUT2D eigenvalue weighted by Crippen LogP contribution is 2.23. The van der Waals surface area contributed by atoms with Crippen LogP contribution < -0.4 is 4.72 Å². The largest absolute Gasteiger partial charge is 0.300 e. The minimum absolute atomic E-state index is 0.594. The predicted octanol–water partition coefficient (Wildman–Crippen LogP) is 4.20. The van der Waals surface area contributed by atoms with Gasteiger partial charge in [-0.15, -0.1) is 0 Å². The topological polar surface area (TPSA) is 54.9 Å². The number of benzene rings is 1. The zero-order valence-electron chi connectivity index (χ0n) is 13.2. The predicted molar refractivity (Wildman–Crippen MR) is 98.4 cm³/mol. The van der Waals surface area contributed by atoms with Crippen molar-refractivity contribution in [3.8, 4) is 0 Å². The second kappa shape index (κ2) is 7.66. The maximum atomic E-state index is 12.7. The molecule has 2 aromatic heterocycles. The molecular formula is C19H17N3OS. The summed E-state index contributed by atoms with van der Waals surface area (Å²) in [5.41, 5.74) is 1.90. The molecule has 0 aliphatic rings. The summed E-state index contributed by atoms with van der Waals surface area (Å²) in [5.74, 6) is 0. The van der Waals surface area contributed by atoms with Crippen molar-refractivity contribution in [1.29, 1.82) is 0 Å². The number of nitrogens with one attached hydrogen (secondary N) is 1. The van der Waals surface area contributed by atoms with Crippen LogP contribution >= 0.6 is 0 Å². The highest BCUT2D eigenvalue weighted by atomic mass is 32.2. The number of pyridine rings is 1. The van der Waals surface area contributed by atoms with Crippen LogP contribution in [0.5, 0.6) is 0 Å². The Morgan fingerprint density at radius 2 is 1.67 bits per heavy atom. The number of rotatable bonds is 3. The number of hydrogen-bond donors (Lipinski definition) is 1. The quantitative estimate of drug-likeness (QED) is 0.780. The number of aromatic nitrogens is 2. The molecular weight excluding hydrogens is 318 g/mol. The summed E-state index contributed by atoms with van der Waals surface area (Å²) in [6.45, 7) is 2.00. The summed E-state index contributed by atoms with van der Waals surface area (Å²) in [6, 6.07) is 17.2. The van der Waals surface area contributed by atoms with Gasteiger partial charge in [-0.1, -0.05) is 35.9 Å². The van der Waals surface area contributed by atoms with Crippen LogP contribution in [0.25, 0.3) is 10.8 Å². The van der Waals surface area contributed by atoms with Gasteiger partial charge in [0.2, 0.25) is 0 Å². The van der Waals surface area contributed by atoms with Crippen molar-refractivity contribution < 1.29 is 4.21 Å². The number of aryl methyl sites for hydroxylation is 1. The molecule has 0 saturated carbocycles. The zero-order valence-corrected chi connectivity index (χ0v) is 14.0. The number of nitrogens with zero attached hydrogens (tertiary/aromatic N) is 2. The first-order valence-corrected chi connectivity index (χ1v) is 8.65. The molecule has 5 heteroatoms. The van der Waals surface area contributed by atoms with Gasteiger partial charge in [-0.25, -0.2) is 4.21 Å². The second-order valence-corrected chi connectivity index (χ2v) is 6.44. The van der Waals surface area contributed by atoms with E-state index in [1.54, 1.807) is 30.9 Å². The maximum Gasteiger partial charge on any atom is 0.151 e. The lowest BCUT2D eigenvalue weighted by Gasteiger charge is -2.08. The lowest BCUT2D eigenvalue weighted by molar-refractivity contribution is 0.686. The van der Waals surface area contributed by atoms with Crippen molar-refractivity contribution >= 4 is 27.4 Å². The molecule has 1 N–H and O–H groups in total. The van der Waals surface area contributed by atoms with Crippen LogP contribution in [0.2, 0.25) is 0 Å². The van der Waals surface area contributed by atoms with Crippen LogP contribution in [0.15, 0.2) is 84.3 Å². The van der Waals surface area contributed by atoms with Gasteiger partial charge in [-0.3, -0.25) is 9.97 Å². The van der Waals surface area contributed by atoms with Gasteiger partial charge in [0.05, 0.1) is 10.6 Å². The maximum absolute atomic E-state index is 12.7. The number of fused-ring (bicyclic) bond motifs is 1. The molecule has 1 unspecified atom stereocenters. The van der Waals surface area contributed by atoms with Crippen LogP contribution in [0, 0.1) is 6.92 Å². The van der Waals surface area contributed by atoms with Gasteiger partial charge < -0.3 is 4.72 Å². The molecule has 2 heterocycles. The first kappa shape index (κ1) is 16.1. The summed E-state index contributed by atoms with van der Waals surface area (Å²) in [4.78, 5) is 8.89. The van der Waals surface area contributed by atoms with Crippen LogP contribution in [0.4, 0.5) is 5.69 Å². The van der Waals surface area contributed by atoms with E-state index in [0.717, 1.165) is 22.0 Å². The fraction of sp³-hybridized carbons (Fsp3) is 0.0526. The molecule has 120 valence electrons. The van der Waals surface area contributed by atoms with E-state index in [0.29, 0.717) is 4.90 Å². The third-order valence-electron chi connectivity index (χ3n) is 3.45. The van der Waals surface area contributed by atoms with Crippen molar-refractivity contribution in [1.82, 2.24) is 9.97 Å². The van der Waals surface area contributed by atoms with Crippen molar-refractivity contribution in [3.63, 3.8) is 0 Å². The van der Waals surface area contributed by atoms with Gasteiger partial charge >= 0.3 is 0 Å². The van der Waals surface area contributed by atoms with Crippen molar-refractivity contribution in [3.05, 3.63) is 84.9 Å². The van der Waals surface area contributed by atoms with Crippen molar-refractivity contribution in [2.24, 2.45) is 0 Å². The van der Waals surface area contributed by atoms with E-state index in [2.05, 4.69) is 14.7 Å². The van der Waals surface area contributed by atoms with E-state index < -0.39 is 11.0 Å². The molecule has 0 radical (unpaired) electrons. The van der Waals surface area contributed by atoms with E-state index in [1.807, 2.05) is 55.5 Å². The Morgan fingerprint density at radius 1 is 0.875 bits per heavy atom. The summed E-state index contributed by atoms with van der Waals surface area (Å²) in [6.07, 6.45) is 6.79. The normalized spacial score (nSPS) is 11.5. The van der Waals surface area contributed by atoms with Crippen molar-refractivity contribution in [2.75, 3.05) is 4.72 Å². The van der Waals surface area contributed by atoms with Crippen LogP contribution in [-0.4, -0.2) is 14.2 Å². The molecule has 0 saturated heterocycles. The molecule has 0 fully saturated rings. The molecule has 0 aliphatic heterocycles. The average molecular weight is 335 g/mol. The van der Waals surface area contributed by atoms with Gasteiger partial charge in [-0.05, 0) is 31.2 Å². The molecule has 0 spiro atoms. The minimum atomic E-state index is -1.42. The Labute approximate surface area is 143 Å². The van der Waals surface area contributed by atoms with E-state index in [9.17, 15) is 4.21 Å². The zero-order chi connectivity index (χ0) is 16.8. The SMILES string of the molecule is Cc1cccncc(S(=O)Nc2cccc3cnccc23)ccc1. The standard InChI is InChI=1S/C19H17N3OS/c1-15-5-2-8-17(14-20-11-4-6-15)24(23)22-19-9-3-7-16-13-21-12-10-18(16)19/h2-14,22H,1H3. The highest BCUT2D eigenvalue weighted by molar-refractivity contribution is 7.86. The Hall–Kier alpha value is -2.79. The Morgan fingerprint density at radius 3 is 2.58 bits per heavy atom. The molecule has 1 aromatic carbocycles. The molecule has 0 bridgehead atoms. The fourth-order valence-corrected chi connectivity index (χ4v) is 3.09. The summed E-state index contributed by atoms with van der Waals surface area (Å²) in [5, 5.41) is 1.98. The first-order valence-electron chi connectivity index (χ1n) is 7.50. The summed E-state index contributed by atoms with van der Waals surface area (Å²) < 4.78 is 15.8. The Bertz CT molecular complexity index is 937. The van der Waals surface area contributed by atoms with Gasteiger partial charge in [-0.2, -0.15) is 0 Å². The molecule has 3 aromatic rings. The Kier molecular flexibility index (Phi) is 5.13. The lowest BCUT2D eigenvalue weighted by atomic mass is 10.1. The average Bonchev–Trinajstić information content (AvgIpc) is 2.60. The first-order chi connectivity index (χ1) is 11.7. The summed E-state index contributed by atoms with van der Waals surface area (Å²) >= 11 is 0. The van der Waals surface area contributed by atoms with Gasteiger partial charge in [0.1, 0.15) is 0 Å². The van der Waals surface area contributed by atoms with Gasteiger partial charge in [0, 0.05) is 35.6 Å². The van der Waals surface area contributed by atoms with Crippen LogP contribution in [-0.2, 0) is 11.0 Å². The molecule has 4 nitrogen and oxygen atoms in total. The van der Waals surface area contributed by atoms with Gasteiger partial charge in [0.25, 0.3) is 0 Å². The summed E-state index contributed by atoms with van der Waals surface area (Å²) in [7, 11) is -1.42. The number of anilines is 1.